The van der Waals surface area contributed by atoms with Crippen molar-refractivity contribution in [3.05, 3.63) is 35.6 Å². The van der Waals surface area contributed by atoms with Crippen LogP contribution in [0.4, 0.5) is 4.39 Å². The van der Waals surface area contributed by atoms with Gasteiger partial charge in [-0.1, -0.05) is 18.2 Å². The predicted octanol–water partition coefficient (Wildman–Crippen LogP) is 1.56. The molecule has 0 aliphatic heterocycles. The molecule has 2 atom stereocenters. The van der Waals surface area contributed by atoms with E-state index in [1.165, 1.54) is 6.07 Å². The molecular weight excluding hydrogens is 231 g/mol. The fraction of sp³-hybridized carbons (Fsp3) is 0.385. The van der Waals surface area contributed by atoms with Gasteiger partial charge in [0.2, 0.25) is 0 Å². The van der Waals surface area contributed by atoms with Crippen LogP contribution >= 0.6 is 0 Å². The summed E-state index contributed by atoms with van der Waals surface area (Å²) in [6, 6.07) is 9.37. The van der Waals surface area contributed by atoms with Crippen LogP contribution in [0.15, 0.2) is 24.3 Å². The Morgan fingerprint density at radius 1 is 1.28 bits per heavy atom. The van der Waals surface area contributed by atoms with Crippen molar-refractivity contribution in [1.82, 2.24) is 4.90 Å². The van der Waals surface area contributed by atoms with Gasteiger partial charge in [-0.15, -0.1) is 0 Å². The first-order valence-electron chi connectivity index (χ1n) is 5.59. The number of halogens is 1. The maximum atomic E-state index is 13.8. The third-order valence-corrected chi connectivity index (χ3v) is 2.66. The smallest absolute Gasteiger partial charge is 0.128 e. The largest absolute Gasteiger partial charge is 0.326 e. The van der Waals surface area contributed by atoms with Crippen LogP contribution in [-0.2, 0) is 0 Å². The topological polar surface area (TPSA) is 76.8 Å². The predicted molar refractivity (Wildman–Crippen MR) is 65.6 cm³/mol. The van der Waals surface area contributed by atoms with E-state index in [4.69, 9.17) is 16.3 Å². The first kappa shape index (κ1) is 14.1. The van der Waals surface area contributed by atoms with Crippen molar-refractivity contribution in [3.8, 4) is 12.1 Å². The Labute approximate surface area is 106 Å². The molecule has 0 heterocycles. The maximum absolute atomic E-state index is 13.8. The van der Waals surface area contributed by atoms with Gasteiger partial charge < -0.3 is 5.73 Å². The Morgan fingerprint density at radius 3 is 2.28 bits per heavy atom. The van der Waals surface area contributed by atoms with E-state index >= 15 is 0 Å². The molecule has 2 N–H and O–H groups in total. The monoisotopic (exact) mass is 246 g/mol. The summed E-state index contributed by atoms with van der Waals surface area (Å²) in [6.07, 6.45) is 0. The molecule has 0 saturated heterocycles. The average Bonchev–Trinajstić information content (AvgIpc) is 2.32. The van der Waals surface area contributed by atoms with Gasteiger partial charge in [0.15, 0.2) is 0 Å². The second-order valence-electron chi connectivity index (χ2n) is 4.05. The van der Waals surface area contributed by atoms with Gasteiger partial charge in [0.25, 0.3) is 0 Å². The zero-order chi connectivity index (χ0) is 13.5. The number of benzene rings is 1. The lowest BCUT2D eigenvalue weighted by Crippen LogP contribution is -2.40. The Morgan fingerprint density at radius 2 is 1.83 bits per heavy atom. The van der Waals surface area contributed by atoms with Crippen LogP contribution in [0.2, 0.25) is 0 Å². The minimum Gasteiger partial charge on any atom is -0.326 e. The van der Waals surface area contributed by atoms with Gasteiger partial charge >= 0.3 is 0 Å². The Balaban J connectivity index is 3.13. The fourth-order valence-electron chi connectivity index (χ4n) is 1.96. The van der Waals surface area contributed by atoms with Crippen LogP contribution in [0, 0.1) is 28.5 Å². The van der Waals surface area contributed by atoms with Crippen molar-refractivity contribution in [1.29, 1.82) is 10.5 Å². The third kappa shape index (κ3) is 3.27. The Bertz CT molecular complexity index is 457. The first-order valence-corrected chi connectivity index (χ1v) is 5.59. The van der Waals surface area contributed by atoms with Crippen molar-refractivity contribution in [2.45, 2.75) is 19.0 Å². The minimum absolute atomic E-state index is 0.0358. The van der Waals surface area contributed by atoms with Crippen molar-refractivity contribution in [2.24, 2.45) is 5.73 Å². The summed E-state index contributed by atoms with van der Waals surface area (Å²) in [5, 5.41) is 17.5. The standard InChI is InChI=1S/C13H15FN4/c1-10(17)13(18(8-6-15)9-7-16)11-4-2-3-5-12(11)14/h2-5,10,13H,8-9,17H2,1H3. The molecule has 1 aromatic rings. The lowest BCUT2D eigenvalue weighted by atomic mass is 9.98. The molecule has 18 heavy (non-hydrogen) atoms. The molecule has 94 valence electrons. The van der Waals surface area contributed by atoms with Crippen molar-refractivity contribution >= 4 is 0 Å². The van der Waals surface area contributed by atoms with Gasteiger partial charge in [-0.3, -0.25) is 4.90 Å². The molecule has 4 nitrogen and oxygen atoms in total. The van der Waals surface area contributed by atoms with E-state index in [-0.39, 0.29) is 24.9 Å². The average molecular weight is 246 g/mol. The van der Waals surface area contributed by atoms with Crippen LogP contribution in [0.25, 0.3) is 0 Å². The molecule has 0 spiro atoms. The molecule has 0 fully saturated rings. The highest BCUT2D eigenvalue weighted by atomic mass is 19.1. The summed E-state index contributed by atoms with van der Waals surface area (Å²) >= 11 is 0. The van der Waals surface area contributed by atoms with Crippen LogP contribution in [-0.4, -0.2) is 24.0 Å². The molecular formula is C13H15FN4. The van der Waals surface area contributed by atoms with Gasteiger partial charge in [0.05, 0.1) is 31.3 Å². The van der Waals surface area contributed by atoms with Crippen molar-refractivity contribution in [3.63, 3.8) is 0 Å². The highest BCUT2D eigenvalue weighted by molar-refractivity contribution is 5.23. The van der Waals surface area contributed by atoms with Crippen molar-refractivity contribution in [2.75, 3.05) is 13.1 Å². The zero-order valence-corrected chi connectivity index (χ0v) is 10.2. The van der Waals surface area contributed by atoms with Gasteiger partial charge in [0.1, 0.15) is 5.82 Å². The van der Waals surface area contributed by atoms with Crippen LogP contribution in [0.1, 0.15) is 18.5 Å². The molecule has 1 rings (SSSR count). The van der Waals surface area contributed by atoms with Gasteiger partial charge in [-0.2, -0.15) is 10.5 Å². The van der Waals surface area contributed by atoms with Crippen molar-refractivity contribution < 1.29 is 4.39 Å². The quantitative estimate of drug-likeness (QED) is 0.800. The van der Waals surface area contributed by atoms with Gasteiger partial charge in [-0.05, 0) is 13.0 Å². The molecule has 0 aliphatic carbocycles. The number of hydrogen-bond donors (Lipinski definition) is 1. The summed E-state index contributed by atoms with van der Waals surface area (Å²) in [4.78, 5) is 1.57. The Hall–Kier alpha value is -1.95. The van der Waals surface area contributed by atoms with Gasteiger partial charge in [-0.25, -0.2) is 4.39 Å². The molecule has 0 amide bonds. The zero-order valence-electron chi connectivity index (χ0n) is 10.2. The van der Waals surface area contributed by atoms with E-state index in [1.807, 2.05) is 12.1 Å². The summed E-state index contributed by atoms with van der Waals surface area (Å²) in [5.41, 5.74) is 6.29. The number of nitrogens with zero attached hydrogens (tertiary/aromatic N) is 3. The number of nitriles is 2. The van der Waals surface area contributed by atoms with E-state index in [9.17, 15) is 4.39 Å². The number of hydrogen-bond acceptors (Lipinski definition) is 4. The van der Waals surface area contributed by atoms with E-state index in [2.05, 4.69) is 0 Å². The molecule has 0 bridgehead atoms. The summed E-state index contributed by atoms with van der Waals surface area (Å²) in [6.45, 7) is 1.81. The second kappa shape index (κ2) is 6.70. The molecule has 0 aromatic heterocycles. The molecule has 2 unspecified atom stereocenters. The molecule has 0 saturated carbocycles. The highest BCUT2D eigenvalue weighted by Gasteiger charge is 2.26. The van der Waals surface area contributed by atoms with Crippen LogP contribution in [0.3, 0.4) is 0 Å². The summed E-state index contributed by atoms with van der Waals surface area (Å²) < 4.78 is 13.8. The van der Waals surface area contributed by atoms with E-state index in [0.29, 0.717) is 5.56 Å². The number of nitrogens with two attached hydrogens (primary N) is 1. The second-order valence-corrected chi connectivity index (χ2v) is 4.05. The van der Waals surface area contributed by atoms with E-state index in [1.54, 1.807) is 30.0 Å². The number of rotatable bonds is 5. The molecule has 0 radical (unpaired) electrons. The lowest BCUT2D eigenvalue weighted by molar-refractivity contribution is 0.217. The Kier molecular flexibility index (Phi) is 5.26. The third-order valence-electron chi connectivity index (χ3n) is 2.66. The normalized spacial score (nSPS) is 13.7. The van der Waals surface area contributed by atoms with E-state index in [0.717, 1.165) is 0 Å². The van der Waals surface area contributed by atoms with Crippen LogP contribution in [0.5, 0.6) is 0 Å². The fourth-order valence-corrected chi connectivity index (χ4v) is 1.96. The first-order chi connectivity index (χ1) is 8.61. The maximum Gasteiger partial charge on any atom is 0.128 e. The SMILES string of the molecule is CC(N)C(c1ccccc1F)N(CC#N)CC#N. The van der Waals surface area contributed by atoms with Crippen LogP contribution < -0.4 is 5.73 Å². The van der Waals surface area contributed by atoms with Gasteiger partial charge in [0, 0.05) is 11.6 Å². The lowest BCUT2D eigenvalue weighted by Gasteiger charge is -2.31. The molecule has 5 heteroatoms. The highest BCUT2D eigenvalue weighted by Crippen LogP contribution is 2.25. The van der Waals surface area contributed by atoms with E-state index < -0.39 is 6.04 Å². The summed E-state index contributed by atoms with van der Waals surface area (Å²) in [5.74, 6) is -0.374. The summed E-state index contributed by atoms with van der Waals surface area (Å²) in [7, 11) is 0. The minimum atomic E-state index is -0.481. The molecule has 0 aliphatic rings. The molecule has 1 aromatic carbocycles.